The summed E-state index contributed by atoms with van der Waals surface area (Å²) < 4.78 is 10.3. The van der Waals surface area contributed by atoms with Gasteiger partial charge in [-0.15, -0.1) is 0 Å². The molecule has 7 nitrogen and oxygen atoms in total. The highest BCUT2D eigenvalue weighted by molar-refractivity contribution is 5.91. The van der Waals surface area contributed by atoms with Crippen molar-refractivity contribution in [1.29, 1.82) is 0 Å². The largest absolute Gasteiger partial charge is 0.504 e. The van der Waals surface area contributed by atoms with Crippen LogP contribution in [0.3, 0.4) is 0 Å². The van der Waals surface area contributed by atoms with Crippen LogP contribution in [0.1, 0.15) is 38.5 Å². The number of methoxy groups -OCH3 is 1. The topological polar surface area (TPSA) is 87.8 Å². The van der Waals surface area contributed by atoms with Gasteiger partial charge in [-0.1, -0.05) is 18.2 Å². The summed E-state index contributed by atoms with van der Waals surface area (Å²) in [5.41, 5.74) is 5.49. The van der Waals surface area contributed by atoms with E-state index in [-0.39, 0.29) is 11.7 Å². The normalized spacial score (nSPS) is 13.8. The Labute approximate surface area is 187 Å². The van der Waals surface area contributed by atoms with Crippen molar-refractivity contribution in [3.63, 3.8) is 0 Å². The average molecular weight is 434 g/mol. The van der Waals surface area contributed by atoms with E-state index in [1.54, 1.807) is 25.3 Å². The predicted octanol–water partition coefficient (Wildman–Crippen LogP) is 3.70. The number of phenolic OH excluding ortho intramolecular Hbond substituents is 1. The van der Waals surface area contributed by atoms with Gasteiger partial charge in [-0.05, 0) is 59.9 Å². The molecule has 1 aromatic carbocycles. The molecule has 2 aromatic heterocycles. The Balaban J connectivity index is 1.39. The van der Waals surface area contributed by atoms with E-state index in [2.05, 4.69) is 21.3 Å². The fourth-order valence-electron chi connectivity index (χ4n) is 3.97. The lowest BCUT2D eigenvalue weighted by molar-refractivity contribution is 0.0923. The molecule has 7 heteroatoms. The van der Waals surface area contributed by atoms with Gasteiger partial charge in [0.05, 0.1) is 13.4 Å². The first-order valence-corrected chi connectivity index (χ1v) is 10.6. The zero-order valence-electron chi connectivity index (χ0n) is 18.3. The molecule has 1 aliphatic rings. The fourth-order valence-corrected chi connectivity index (χ4v) is 3.97. The molecule has 3 heterocycles. The molecule has 0 saturated carbocycles. The minimum Gasteiger partial charge on any atom is -0.504 e. The van der Waals surface area contributed by atoms with E-state index in [1.165, 1.54) is 17.4 Å². The summed E-state index contributed by atoms with van der Waals surface area (Å²) >= 11 is 0. The molecule has 32 heavy (non-hydrogen) atoms. The Kier molecular flexibility index (Phi) is 6.56. The maximum atomic E-state index is 12.2. The summed E-state index contributed by atoms with van der Waals surface area (Å²) in [6.45, 7) is 4.96. The zero-order chi connectivity index (χ0) is 22.5. The number of furan rings is 1. The fraction of sp³-hybridized carbons (Fsp3) is 0.280. The minimum absolute atomic E-state index is 0.135. The first kappa shape index (κ1) is 21.6. The second-order valence-corrected chi connectivity index (χ2v) is 7.80. The molecule has 0 bridgehead atoms. The highest BCUT2D eigenvalue weighted by atomic mass is 16.5. The van der Waals surface area contributed by atoms with Crippen molar-refractivity contribution in [2.75, 3.05) is 20.2 Å². The highest BCUT2D eigenvalue weighted by Crippen LogP contribution is 2.27. The van der Waals surface area contributed by atoms with Gasteiger partial charge in [-0.25, -0.2) is 0 Å². The molecular formula is C25H27N3O4. The van der Waals surface area contributed by atoms with Gasteiger partial charge in [0.25, 0.3) is 5.91 Å². The van der Waals surface area contributed by atoms with Crippen LogP contribution in [0.25, 0.3) is 6.08 Å². The third-order valence-corrected chi connectivity index (χ3v) is 5.72. The average Bonchev–Trinajstić information content (AvgIpc) is 3.34. The molecule has 1 amide bonds. The molecule has 1 aliphatic heterocycles. The van der Waals surface area contributed by atoms with Crippen LogP contribution in [0.4, 0.5) is 0 Å². The number of hydrogen-bond acceptors (Lipinski definition) is 6. The molecule has 2 N–H and O–H groups in total. The van der Waals surface area contributed by atoms with Gasteiger partial charge in [-0.3, -0.25) is 14.7 Å². The summed E-state index contributed by atoms with van der Waals surface area (Å²) in [7, 11) is 1.54. The number of pyridine rings is 1. The quantitative estimate of drug-likeness (QED) is 0.591. The molecule has 0 saturated heterocycles. The number of carbonyl (C=O) groups is 1. The molecule has 166 valence electrons. The Morgan fingerprint density at radius 3 is 3.03 bits per heavy atom. The number of aromatic hydroxyl groups is 1. The van der Waals surface area contributed by atoms with Crippen LogP contribution in [0.15, 0.2) is 53.3 Å². The number of amides is 1. The predicted molar refractivity (Wildman–Crippen MR) is 122 cm³/mol. The Morgan fingerprint density at radius 1 is 1.38 bits per heavy atom. The second kappa shape index (κ2) is 9.70. The summed E-state index contributed by atoms with van der Waals surface area (Å²) in [6, 6.07) is 8.66. The number of rotatable bonds is 7. The van der Waals surface area contributed by atoms with Gasteiger partial charge >= 0.3 is 0 Å². The van der Waals surface area contributed by atoms with Crippen molar-refractivity contribution in [3.8, 4) is 11.5 Å². The molecule has 0 spiro atoms. The van der Waals surface area contributed by atoms with Crippen molar-refractivity contribution in [2.45, 2.75) is 26.4 Å². The van der Waals surface area contributed by atoms with Crippen molar-refractivity contribution < 1.29 is 19.1 Å². The van der Waals surface area contributed by atoms with Crippen molar-refractivity contribution >= 4 is 12.0 Å². The van der Waals surface area contributed by atoms with Crippen LogP contribution in [-0.4, -0.2) is 41.1 Å². The lowest BCUT2D eigenvalue weighted by Gasteiger charge is -2.29. The third-order valence-electron chi connectivity index (χ3n) is 5.72. The molecule has 4 rings (SSSR count). The number of nitrogens with zero attached hydrogens (tertiary/aromatic N) is 2. The van der Waals surface area contributed by atoms with Crippen molar-refractivity contribution in [2.24, 2.45) is 0 Å². The van der Waals surface area contributed by atoms with Crippen molar-refractivity contribution in [1.82, 2.24) is 15.2 Å². The van der Waals surface area contributed by atoms with Gasteiger partial charge in [0.1, 0.15) is 0 Å². The monoisotopic (exact) mass is 433 g/mol. The molecule has 0 fully saturated rings. The van der Waals surface area contributed by atoms with E-state index in [0.717, 1.165) is 42.9 Å². The molecule has 0 radical (unpaired) electrons. The lowest BCUT2D eigenvalue weighted by atomic mass is 9.95. The Morgan fingerprint density at radius 2 is 2.25 bits per heavy atom. The standard InChI is InChI=1S/C25H27N3O4/c1-17-21(15-27-25(30)23-6-4-12-32-23)20-9-11-28(16-19(20)14-26-17)10-3-5-18-7-8-22(29)24(13-18)31-2/h3-8,12-14,29H,9-11,15-16H2,1-2H3,(H,27,30). The molecule has 3 aromatic rings. The van der Waals surface area contributed by atoms with E-state index in [1.807, 2.05) is 31.3 Å². The number of phenols is 1. The van der Waals surface area contributed by atoms with Crippen LogP contribution in [0.5, 0.6) is 11.5 Å². The lowest BCUT2D eigenvalue weighted by Crippen LogP contribution is -2.32. The zero-order valence-corrected chi connectivity index (χ0v) is 18.3. The summed E-state index contributed by atoms with van der Waals surface area (Å²) in [5.74, 6) is 0.688. The smallest absolute Gasteiger partial charge is 0.287 e. The van der Waals surface area contributed by atoms with Gasteiger partial charge < -0.3 is 19.6 Å². The Hall–Kier alpha value is -3.58. The molecular weight excluding hydrogens is 406 g/mol. The minimum atomic E-state index is -0.222. The van der Waals surface area contributed by atoms with Crippen LogP contribution < -0.4 is 10.1 Å². The number of fused-ring (bicyclic) bond motifs is 1. The first-order valence-electron chi connectivity index (χ1n) is 10.6. The maximum Gasteiger partial charge on any atom is 0.287 e. The van der Waals surface area contributed by atoms with E-state index >= 15 is 0 Å². The van der Waals surface area contributed by atoms with Crippen LogP contribution in [-0.2, 0) is 19.5 Å². The number of hydrogen-bond donors (Lipinski definition) is 2. The highest BCUT2D eigenvalue weighted by Gasteiger charge is 2.21. The van der Waals surface area contributed by atoms with Gasteiger partial charge in [0.15, 0.2) is 17.3 Å². The van der Waals surface area contributed by atoms with E-state index < -0.39 is 0 Å². The van der Waals surface area contributed by atoms with Gasteiger partial charge in [-0.2, -0.15) is 0 Å². The van der Waals surface area contributed by atoms with Crippen LogP contribution in [0.2, 0.25) is 0 Å². The summed E-state index contributed by atoms with van der Waals surface area (Å²) in [5, 5.41) is 12.7. The van der Waals surface area contributed by atoms with E-state index in [0.29, 0.717) is 18.1 Å². The number of benzene rings is 1. The second-order valence-electron chi connectivity index (χ2n) is 7.80. The van der Waals surface area contributed by atoms with Crippen LogP contribution in [0, 0.1) is 6.92 Å². The Bertz CT molecular complexity index is 1120. The number of nitrogens with one attached hydrogen (secondary N) is 1. The number of aromatic nitrogens is 1. The van der Waals surface area contributed by atoms with Crippen molar-refractivity contribution in [3.05, 3.63) is 82.6 Å². The van der Waals surface area contributed by atoms with Crippen LogP contribution >= 0.6 is 0 Å². The van der Waals surface area contributed by atoms with E-state index in [4.69, 9.17) is 9.15 Å². The van der Waals surface area contributed by atoms with Gasteiger partial charge in [0, 0.05) is 38.1 Å². The molecule has 0 aliphatic carbocycles. The maximum absolute atomic E-state index is 12.2. The molecule has 0 unspecified atom stereocenters. The number of carbonyl (C=O) groups excluding carboxylic acids is 1. The third kappa shape index (κ3) is 4.84. The van der Waals surface area contributed by atoms with Gasteiger partial charge in [0.2, 0.25) is 0 Å². The number of ether oxygens (including phenoxy) is 1. The summed E-state index contributed by atoms with van der Waals surface area (Å²) in [4.78, 5) is 19.2. The number of aryl methyl sites for hydroxylation is 1. The molecule has 0 atom stereocenters. The first-order chi connectivity index (χ1) is 15.5. The SMILES string of the molecule is COc1cc(C=CCN2CCc3c(cnc(C)c3CNC(=O)c3ccco3)C2)ccc1O. The van der Waals surface area contributed by atoms with E-state index in [9.17, 15) is 9.90 Å². The summed E-state index contributed by atoms with van der Waals surface area (Å²) in [6.07, 6.45) is 8.49.